The molecule has 56 valence electrons. The predicted molar refractivity (Wildman–Crippen MR) is 44.9 cm³/mol. The van der Waals surface area contributed by atoms with Crippen molar-refractivity contribution in [1.82, 2.24) is 9.38 Å². The summed E-state index contributed by atoms with van der Waals surface area (Å²) in [4.78, 5) is 4.12. The third-order valence-corrected chi connectivity index (χ3v) is 1.89. The van der Waals surface area contributed by atoms with Crippen LogP contribution in [-0.4, -0.2) is 9.38 Å². The molecule has 0 aliphatic carbocycles. The van der Waals surface area contributed by atoms with Crippen LogP contribution in [0.15, 0.2) is 24.5 Å². The molecule has 0 aliphatic rings. The number of nitrogens with zero attached hydrogens (tertiary/aromatic N) is 2. The van der Waals surface area contributed by atoms with Crippen LogP contribution in [0.1, 0.15) is 5.56 Å². The largest absolute Gasteiger partial charge is 0.290 e. The second-order valence-electron chi connectivity index (χ2n) is 2.51. The zero-order valence-electron chi connectivity index (χ0n) is 6.08. The van der Waals surface area contributed by atoms with Gasteiger partial charge in [-0.3, -0.25) is 4.40 Å². The Kier molecular flexibility index (Phi) is 1.36. The second-order valence-corrected chi connectivity index (χ2v) is 2.90. The van der Waals surface area contributed by atoms with Gasteiger partial charge in [0.1, 0.15) is 10.8 Å². The zero-order chi connectivity index (χ0) is 7.84. The highest BCUT2D eigenvalue weighted by molar-refractivity contribution is 6.29. The van der Waals surface area contributed by atoms with Crippen LogP contribution < -0.4 is 0 Å². The molecular formula is C8H7ClN2. The Morgan fingerprint density at radius 2 is 2.27 bits per heavy atom. The highest BCUT2D eigenvalue weighted by Gasteiger charge is 1.97. The van der Waals surface area contributed by atoms with E-state index in [4.69, 9.17) is 11.6 Å². The first-order chi connectivity index (χ1) is 5.27. The van der Waals surface area contributed by atoms with Crippen LogP contribution in [0.4, 0.5) is 0 Å². The molecule has 0 saturated heterocycles. The summed E-state index contributed by atoms with van der Waals surface area (Å²) in [6.45, 7) is 2.00. The van der Waals surface area contributed by atoms with E-state index in [-0.39, 0.29) is 0 Å². The Balaban J connectivity index is 2.91. The number of pyridine rings is 1. The standard InChI is InChI=1S/C8H7ClN2/c1-6-4-7(9)11-3-2-10-8(11)5-6/h2-5H,1H3. The first-order valence-electron chi connectivity index (χ1n) is 3.36. The molecule has 0 N–H and O–H groups in total. The van der Waals surface area contributed by atoms with Crippen molar-refractivity contribution in [2.75, 3.05) is 0 Å². The van der Waals surface area contributed by atoms with Gasteiger partial charge in [-0.15, -0.1) is 0 Å². The van der Waals surface area contributed by atoms with Crippen LogP contribution >= 0.6 is 11.6 Å². The van der Waals surface area contributed by atoms with Crippen molar-refractivity contribution in [3.63, 3.8) is 0 Å². The van der Waals surface area contributed by atoms with Gasteiger partial charge in [-0.25, -0.2) is 4.98 Å². The maximum atomic E-state index is 5.93. The quantitative estimate of drug-likeness (QED) is 0.549. The number of hydrogen-bond donors (Lipinski definition) is 0. The molecule has 2 rings (SSSR count). The molecule has 2 heterocycles. The van der Waals surface area contributed by atoms with Crippen molar-refractivity contribution in [3.05, 3.63) is 35.2 Å². The maximum Gasteiger partial charge on any atom is 0.138 e. The summed E-state index contributed by atoms with van der Waals surface area (Å²) in [6, 6.07) is 3.90. The molecule has 2 nitrogen and oxygen atoms in total. The summed E-state index contributed by atoms with van der Waals surface area (Å²) in [7, 11) is 0. The number of imidazole rings is 1. The highest BCUT2D eigenvalue weighted by atomic mass is 35.5. The number of aromatic nitrogens is 2. The van der Waals surface area contributed by atoms with E-state index in [2.05, 4.69) is 4.98 Å². The third-order valence-electron chi connectivity index (χ3n) is 1.60. The second kappa shape index (κ2) is 2.24. The minimum atomic E-state index is 0.706. The minimum Gasteiger partial charge on any atom is -0.290 e. The summed E-state index contributed by atoms with van der Waals surface area (Å²) in [5, 5.41) is 0.706. The zero-order valence-corrected chi connectivity index (χ0v) is 6.84. The molecule has 0 aliphatic heterocycles. The van der Waals surface area contributed by atoms with Gasteiger partial charge in [0.05, 0.1) is 0 Å². The molecule has 2 aromatic heterocycles. The average molecular weight is 167 g/mol. The summed E-state index contributed by atoms with van der Waals surface area (Å²) in [6.07, 6.45) is 3.58. The van der Waals surface area contributed by atoms with Gasteiger partial charge in [-0.1, -0.05) is 11.6 Å². The van der Waals surface area contributed by atoms with Crippen molar-refractivity contribution >= 4 is 17.2 Å². The van der Waals surface area contributed by atoms with Gasteiger partial charge >= 0.3 is 0 Å². The lowest BCUT2D eigenvalue weighted by Crippen LogP contribution is -1.85. The normalized spacial score (nSPS) is 10.7. The van der Waals surface area contributed by atoms with Gasteiger partial charge < -0.3 is 0 Å². The molecule has 0 radical (unpaired) electrons. The fourth-order valence-electron chi connectivity index (χ4n) is 1.11. The number of fused-ring (bicyclic) bond motifs is 1. The molecule has 0 bridgehead atoms. The van der Waals surface area contributed by atoms with Crippen molar-refractivity contribution in [2.45, 2.75) is 6.92 Å². The van der Waals surface area contributed by atoms with Gasteiger partial charge in [0, 0.05) is 12.4 Å². The number of halogens is 1. The molecule has 0 spiro atoms. The molecule has 0 atom stereocenters. The lowest BCUT2D eigenvalue weighted by atomic mass is 10.3. The molecule has 0 aromatic carbocycles. The van der Waals surface area contributed by atoms with Crippen LogP contribution in [0.3, 0.4) is 0 Å². The average Bonchev–Trinajstić information content (AvgIpc) is 2.34. The predicted octanol–water partition coefficient (Wildman–Crippen LogP) is 2.30. The van der Waals surface area contributed by atoms with Gasteiger partial charge in [-0.2, -0.15) is 0 Å². The fraction of sp³-hybridized carbons (Fsp3) is 0.125. The van der Waals surface area contributed by atoms with E-state index in [0.29, 0.717) is 5.15 Å². The molecule has 2 aromatic rings. The van der Waals surface area contributed by atoms with E-state index in [9.17, 15) is 0 Å². The van der Waals surface area contributed by atoms with Crippen LogP contribution in [0, 0.1) is 6.92 Å². The van der Waals surface area contributed by atoms with Crippen molar-refractivity contribution in [1.29, 1.82) is 0 Å². The Labute approximate surface area is 69.4 Å². The number of hydrogen-bond acceptors (Lipinski definition) is 1. The highest BCUT2D eigenvalue weighted by Crippen LogP contribution is 2.13. The molecule has 0 saturated carbocycles. The van der Waals surface area contributed by atoms with Crippen molar-refractivity contribution in [3.8, 4) is 0 Å². The molecular weight excluding hydrogens is 160 g/mol. The summed E-state index contributed by atoms with van der Waals surface area (Å²) in [5.74, 6) is 0. The number of rotatable bonds is 0. The van der Waals surface area contributed by atoms with Crippen molar-refractivity contribution in [2.24, 2.45) is 0 Å². The van der Waals surface area contributed by atoms with Crippen LogP contribution in [0.5, 0.6) is 0 Å². The van der Waals surface area contributed by atoms with E-state index in [1.807, 2.05) is 29.7 Å². The van der Waals surface area contributed by atoms with Gasteiger partial charge in [0.15, 0.2) is 0 Å². The molecule has 3 heteroatoms. The molecule has 0 amide bonds. The SMILES string of the molecule is Cc1cc(Cl)n2ccnc2c1. The summed E-state index contributed by atoms with van der Waals surface area (Å²) >= 11 is 5.93. The first-order valence-corrected chi connectivity index (χ1v) is 3.74. The van der Waals surface area contributed by atoms with Crippen molar-refractivity contribution < 1.29 is 0 Å². The van der Waals surface area contributed by atoms with E-state index >= 15 is 0 Å². The van der Waals surface area contributed by atoms with Gasteiger partial charge in [0.25, 0.3) is 0 Å². The van der Waals surface area contributed by atoms with Gasteiger partial charge in [-0.05, 0) is 24.6 Å². The summed E-state index contributed by atoms with van der Waals surface area (Å²) in [5.41, 5.74) is 2.03. The maximum absolute atomic E-state index is 5.93. The van der Waals surface area contributed by atoms with E-state index in [0.717, 1.165) is 11.2 Å². The van der Waals surface area contributed by atoms with Crippen LogP contribution in [0.25, 0.3) is 5.65 Å². The number of aryl methyl sites for hydroxylation is 1. The minimum absolute atomic E-state index is 0.706. The Bertz CT molecular complexity index is 392. The Morgan fingerprint density at radius 1 is 1.45 bits per heavy atom. The fourth-order valence-corrected chi connectivity index (χ4v) is 1.42. The third kappa shape index (κ3) is 0.994. The lowest BCUT2D eigenvalue weighted by Gasteiger charge is -1.97. The molecule has 0 unspecified atom stereocenters. The topological polar surface area (TPSA) is 17.3 Å². The van der Waals surface area contributed by atoms with E-state index < -0.39 is 0 Å². The first kappa shape index (κ1) is 6.68. The molecule has 11 heavy (non-hydrogen) atoms. The summed E-state index contributed by atoms with van der Waals surface area (Å²) < 4.78 is 1.84. The lowest BCUT2D eigenvalue weighted by molar-refractivity contribution is 1.17. The van der Waals surface area contributed by atoms with Crippen LogP contribution in [-0.2, 0) is 0 Å². The van der Waals surface area contributed by atoms with E-state index in [1.54, 1.807) is 6.20 Å². The Hall–Kier alpha value is -1.02. The van der Waals surface area contributed by atoms with E-state index in [1.165, 1.54) is 0 Å². The smallest absolute Gasteiger partial charge is 0.138 e. The monoisotopic (exact) mass is 166 g/mol. The van der Waals surface area contributed by atoms with Gasteiger partial charge in [0.2, 0.25) is 0 Å². The molecule has 0 fully saturated rings. The van der Waals surface area contributed by atoms with Crippen LogP contribution in [0.2, 0.25) is 5.15 Å². The Morgan fingerprint density at radius 3 is 3.09 bits per heavy atom.